The molecule has 0 aromatic carbocycles. The van der Waals surface area contributed by atoms with Crippen LogP contribution in [0.15, 0.2) is 0 Å². The van der Waals surface area contributed by atoms with Gasteiger partial charge in [0.2, 0.25) is 47.3 Å². The van der Waals surface area contributed by atoms with E-state index in [-0.39, 0.29) is 151 Å². The summed E-state index contributed by atoms with van der Waals surface area (Å²) in [5.41, 5.74) is 0. The van der Waals surface area contributed by atoms with Crippen molar-refractivity contribution in [2.75, 3.05) is 91.6 Å². The molecule has 0 spiro atoms. The van der Waals surface area contributed by atoms with E-state index in [9.17, 15) is 51.5 Å². The largest absolute Gasteiger partial charge is 0.542 e. The Kier molecular flexibility index (Phi) is 37.8. The molecule has 0 aliphatic rings. The second kappa shape index (κ2) is 40.7. The molecule has 23 heteroatoms. The highest BCUT2D eigenvalue weighted by molar-refractivity contribution is 5.79. The maximum Gasteiger partial charge on any atom is 0.430 e. The quantitative estimate of drug-likeness (QED) is 0.0216. The number of carboxylic acids is 1. The molecular formula is C44H65F3N10O10. The Bertz CT molecular complexity index is 1520. The van der Waals surface area contributed by atoms with Crippen LogP contribution in [0, 0.1) is 49.4 Å². The molecule has 0 heterocycles. The number of rotatable bonds is 35. The Hall–Kier alpha value is -6.82. The Labute approximate surface area is 390 Å². The average molecular weight is 951 g/mol. The number of aliphatic carboxylic acids is 1. The molecule has 0 aliphatic heterocycles. The van der Waals surface area contributed by atoms with E-state index in [1.54, 1.807) is 0 Å². The normalized spacial score (nSPS) is 10.3. The van der Waals surface area contributed by atoms with Crippen molar-refractivity contribution >= 4 is 53.2 Å². The van der Waals surface area contributed by atoms with Gasteiger partial charge in [0.05, 0.1) is 32.5 Å². The second-order valence-corrected chi connectivity index (χ2v) is 14.2. The number of carboxylic acid groups (broad SMARTS) is 1. The van der Waals surface area contributed by atoms with Gasteiger partial charge in [-0.2, -0.15) is 13.2 Å². The number of nitrogens with zero attached hydrogens (tertiary/aromatic N) is 1. The summed E-state index contributed by atoms with van der Waals surface area (Å²) in [4.78, 5) is 110. The van der Waals surface area contributed by atoms with Crippen molar-refractivity contribution in [3.8, 4) is 49.4 Å². The summed E-state index contributed by atoms with van der Waals surface area (Å²) in [5, 5.41) is 30.6. The van der Waals surface area contributed by atoms with Crippen molar-refractivity contribution < 1.29 is 66.3 Å². The van der Waals surface area contributed by atoms with Gasteiger partial charge in [0.15, 0.2) is 0 Å². The number of quaternary nitrogens is 1. The molecule has 0 saturated heterocycles. The van der Waals surface area contributed by atoms with Crippen LogP contribution in [0.4, 0.5) is 13.2 Å². The standard InChI is InChI=1S/C42H64N10O8.C2HF3O2/c1-5-9-13-35(53)43-21-25-47-39(57)17-29-51(30-18-40(58)48-26-22-44-36(54)14-10-6-2)33-34-52(31-19-41(59)49-27-23-45-37(55)15-11-7-3)32-20-42(60)50-28-24-46-38(56)16-12-8-4;3-2(4,5)1(6)7/h1-4H,9-34H2,(H,43,53)(H,44,54)(H,45,55)(H,46,56)(H,47,57)(H,48,58)(H,49,59)(H,50,60);(H,6,7). The molecule has 0 aliphatic carbocycles. The third kappa shape index (κ3) is 41.6. The molecule has 0 rings (SSSR count). The van der Waals surface area contributed by atoms with Crippen molar-refractivity contribution in [1.82, 2.24) is 47.4 Å². The van der Waals surface area contributed by atoms with Gasteiger partial charge < -0.3 is 57.3 Å². The second-order valence-electron chi connectivity index (χ2n) is 14.2. The summed E-state index contributed by atoms with van der Waals surface area (Å²) in [7, 11) is 0. The molecule has 8 amide bonds. The third-order valence-corrected chi connectivity index (χ3v) is 8.80. The molecule has 67 heavy (non-hydrogen) atoms. The molecule has 0 unspecified atom stereocenters. The van der Waals surface area contributed by atoms with Crippen LogP contribution in [0.5, 0.6) is 0 Å². The van der Waals surface area contributed by atoms with Crippen molar-refractivity contribution in [1.29, 1.82) is 0 Å². The van der Waals surface area contributed by atoms with Crippen molar-refractivity contribution in [3.63, 3.8) is 0 Å². The van der Waals surface area contributed by atoms with Crippen LogP contribution in [0.25, 0.3) is 0 Å². The van der Waals surface area contributed by atoms with E-state index in [0.717, 1.165) is 4.90 Å². The Morgan fingerprint density at radius 3 is 0.851 bits per heavy atom. The third-order valence-electron chi connectivity index (χ3n) is 8.80. The number of carbonyl (C=O) groups is 9. The fraction of sp³-hybridized carbons (Fsp3) is 0.614. The highest BCUT2D eigenvalue weighted by Gasteiger charge is 2.29. The van der Waals surface area contributed by atoms with E-state index in [2.05, 4.69) is 66.2 Å². The fourth-order valence-corrected chi connectivity index (χ4v) is 5.19. The minimum absolute atomic E-state index is 0.106. The minimum atomic E-state index is -5.19. The van der Waals surface area contributed by atoms with Crippen LogP contribution in [0.3, 0.4) is 0 Å². The number of hydrogen-bond donors (Lipinski definition) is 9. The SMILES string of the molecule is C#CCCC(=O)NCCNC(=O)CCN(CCC(=O)NCCNC(=O)CCC#C)CC[NH+](CCC(=O)NCCNC(=O)CCC#C)CCC(=O)NCCNC(=O)CCC#C.O=C([O-])C(F)(F)F. The minimum Gasteiger partial charge on any atom is -0.542 e. The Morgan fingerprint density at radius 2 is 0.627 bits per heavy atom. The molecule has 20 nitrogen and oxygen atoms in total. The van der Waals surface area contributed by atoms with Gasteiger partial charge >= 0.3 is 6.18 Å². The first-order chi connectivity index (χ1) is 31.9. The van der Waals surface area contributed by atoms with Crippen LogP contribution < -0.4 is 52.5 Å². The molecule has 0 aromatic rings. The maximum atomic E-state index is 12.7. The van der Waals surface area contributed by atoms with Gasteiger partial charge in [0, 0.05) is 136 Å². The smallest absolute Gasteiger partial charge is 0.430 e. The molecule has 9 N–H and O–H groups in total. The first kappa shape index (κ1) is 62.3. The van der Waals surface area contributed by atoms with E-state index in [4.69, 9.17) is 35.6 Å². The molecule has 0 saturated carbocycles. The zero-order chi connectivity index (χ0) is 50.7. The van der Waals surface area contributed by atoms with Crippen LogP contribution in [-0.4, -0.2) is 156 Å². The lowest BCUT2D eigenvalue weighted by Crippen LogP contribution is -3.13. The summed E-state index contributed by atoms with van der Waals surface area (Å²) in [6.45, 7) is 4.09. The van der Waals surface area contributed by atoms with Gasteiger partial charge in [-0.05, 0) is 0 Å². The van der Waals surface area contributed by atoms with E-state index < -0.39 is 12.1 Å². The number of halogens is 3. The highest BCUT2D eigenvalue weighted by atomic mass is 19.4. The molecule has 0 atom stereocenters. The van der Waals surface area contributed by atoms with Gasteiger partial charge in [0.1, 0.15) is 5.97 Å². The lowest BCUT2D eigenvalue weighted by molar-refractivity contribution is -0.898. The van der Waals surface area contributed by atoms with Crippen LogP contribution in [0.1, 0.15) is 77.0 Å². The van der Waals surface area contributed by atoms with Gasteiger partial charge in [-0.3, -0.25) is 43.3 Å². The van der Waals surface area contributed by atoms with E-state index >= 15 is 0 Å². The summed E-state index contributed by atoms with van der Waals surface area (Å²) >= 11 is 0. The van der Waals surface area contributed by atoms with Gasteiger partial charge in [0.25, 0.3) is 0 Å². The Morgan fingerprint density at radius 1 is 0.403 bits per heavy atom. The monoisotopic (exact) mass is 950 g/mol. The number of carbonyl (C=O) groups excluding carboxylic acids is 9. The zero-order valence-corrected chi connectivity index (χ0v) is 37.9. The van der Waals surface area contributed by atoms with Crippen molar-refractivity contribution in [2.24, 2.45) is 0 Å². The van der Waals surface area contributed by atoms with E-state index in [1.807, 2.05) is 4.90 Å². The predicted octanol–water partition coefficient (Wildman–Crippen LogP) is -4.38. The summed E-state index contributed by atoms with van der Waals surface area (Å²) in [6, 6.07) is 0. The summed E-state index contributed by atoms with van der Waals surface area (Å²) < 4.78 is 31.5. The number of amides is 8. The van der Waals surface area contributed by atoms with Crippen LogP contribution >= 0.6 is 0 Å². The number of nitrogens with one attached hydrogen (secondary N) is 9. The molecule has 0 aromatic heterocycles. The lowest BCUT2D eigenvalue weighted by Gasteiger charge is -2.26. The van der Waals surface area contributed by atoms with E-state index in [1.165, 1.54) is 0 Å². The zero-order valence-electron chi connectivity index (χ0n) is 37.9. The van der Waals surface area contributed by atoms with E-state index in [0.29, 0.717) is 65.0 Å². The molecule has 0 radical (unpaired) electrons. The highest BCUT2D eigenvalue weighted by Crippen LogP contribution is 2.11. The van der Waals surface area contributed by atoms with Crippen LogP contribution in [0.2, 0.25) is 0 Å². The van der Waals surface area contributed by atoms with Crippen molar-refractivity contribution in [3.05, 3.63) is 0 Å². The topological polar surface area (TPSA) is 281 Å². The average Bonchev–Trinajstić information content (AvgIpc) is 3.29. The van der Waals surface area contributed by atoms with Gasteiger partial charge in [-0.25, -0.2) is 0 Å². The lowest BCUT2D eigenvalue weighted by atomic mass is 10.2. The number of terminal acetylenes is 4. The number of alkyl halides is 3. The Balaban J connectivity index is 0. The van der Waals surface area contributed by atoms with Crippen molar-refractivity contribution in [2.45, 2.75) is 83.2 Å². The van der Waals surface area contributed by atoms with Gasteiger partial charge in [-0.1, -0.05) is 0 Å². The molecule has 372 valence electrons. The number of hydrogen-bond acceptors (Lipinski definition) is 11. The van der Waals surface area contributed by atoms with Crippen LogP contribution in [-0.2, 0) is 43.2 Å². The summed E-state index contributed by atoms with van der Waals surface area (Å²) in [6.07, 6.45) is 18.1. The first-order valence-corrected chi connectivity index (χ1v) is 21.6. The maximum absolute atomic E-state index is 12.7. The fourth-order valence-electron chi connectivity index (χ4n) is 5.19. The molecule has 0 bridgehead atoms. The predicted molar refractivity (Wildman–Crippen MR) is 238 cm³/mol. The van der Waals surface area contributed by atoms with Gasteiger partial charge in [-0.15, -0.1) is 49.4 Å². The molecular weight excluding hydrogens is 886 g/mol. The molecule has 0 fully saturated rings. The first-order valence-electron chi connectivity index (χ1n) is 21.6. The summed E-state index contributed by atoms with van der Waals surface area (Å²) in [5.74, 6) is 4.80.